The van der Waals surface area contributed by atoms with Gasteiger partial charge in [0.15, 0.2) is 11.5 Å². The second-order valence-corrected chi connectivity index (χ2v) is 6.99. The zero-order valence-electron chi connectivity index (χ0n) is 16.0. The quantitative estimate of drug-likeness (QED) is 0.548. The molecule has 3 rings (SSSR count). The van der Waals surface area contributed by atoms with Crippen LogP contribution in [0.25, 0.3) is 10.9 Å². The molecule has 29 heavy (non-hydrogen) atoms. The Morgan fingerprint density at radius 1 is 1.07 bits per heavy atom. The van der Waals surface area contributed by atoms with Gasteiger partial charge in [0.1, 0.15) is 5.69 Å². The van der Waals surface area contributed by atoms with E-state index in [4.69, 9.17) is 9.47 Å². The number of nitrogens with one attached hydrogen (secondary N) is 2. The van der Waals surface area contributed by atoms with Gasteiger partial charge in [0.2, 0.25) is 0 Å². The number of hydrogen-bond donors (Lipinski definition) is 2. The topological polar surface area (TPSA) is 89.6 Å². The summed E-state index contributed by atoms with van der Waals surface area (Å²) in [6.07, 6.45) is 0.840. The fourth-order valence-electron chi connectivity index (χ4n) is 2.64. The van der Waals surface area contributed by atoms with Gasteiger partial charge in [0, 0.05) is 10.9 Å². The van der Waals surface area contributed by atoms with Crippen LogP contribution in [0.1, 0.15) is 34.2 Å². The van der Waals surface area contributed by atoms with Crippen molar-refractivity contribution in [3.8, 4) is 11.5 Å². The van der Waals surface area contributed by atoms with Gasteiger partial charge in [0.25, 0.3) is 11.8 Å². The second-order valence-electron chi connectivity index (χ2n) is 6.14. The van der Waals surface area contributed by atoms with E-state index in [2.05, 4.69) is 31.8 Å². The molecule has 2 amide bonds. The van der Waals surface area contributed by atoms with Crippen molar-refractivity contribution in [2.24, 2.45) is 0 Å². The van der Waals surface area contributed by atoms with Gasteiger partial charge in [-0.2, -0.15) is 0 Å². The first-order chi connectivity index (χ1) is 14.0. The summed E-state index contributed by atoms with van der Waals surface area (Å²) in [6.45, 7) is 2.52. The molecule has 2 N–H and O–H groups in total. The third-order valence-electron chi connectivity index (χ3n) is 4.06. The second kappa shape index (κ2) is 9.38. The maximum Gasteiger partial charge on any atom is 0.288 e. The van der Waals surface area contributed by atoms with Crippen LogP contribution in [-0.2, 0) is 0 Å². The van der Waals surface area contributed by atoms with Crippen molar-refractivity contribution in [1.82, 2.24) is 15.8 Å². The van der Waals surface area contributed by atoms with E-state index in [1.807, 2.05) is 31.2 Å². The molecule has 150 valence electrons. The van der Waals surface area contributed by atoms with Crippen LogP contribution in [0.2, 0.25) is 0 Å². The number of benzene rings is 2. The van der Waals surface area contributed by atoms with Crippen molar-refractivity contribution < 1.29 is 19.1 Å². The number of nitrogens with zero attached hydrogens (tertiary/aromatic N) is 1. The molecule has 0 spiro atoms. The summed E-state index contributed by atoms with van der Waals surface area (Å²) in [7, 11) is 1.50. The van der Waals surface area contributed by atoms with Crippen LogP contribution < -0.4 is 20.3 Å². The minimum absolute atomic E-state index is 0.200. The van der Waals surface area contributed by atoms with Gasteiger partial charge >= 0.3 is 0 Å². The van der Waals surface area contributed by atoms with Crippen LogP contribution in [-0.4, -0.2) is 30.5 Å². The molecule has 0 aliphatic rings. The number of carbonyl (C=O) groups excluding carboxylic acids is 2. The van der Waals surface area contributed by atoms with Crippen LogP contribution >= 0.6 is 15.9 Å². The molecule has 0 radical (unpaired) electrons. The molecule has 3 aromatic rings. The third kappa shape index (κ3) is 4.83. The van der Waals surface area contributed by atoms with Crippen molar-refractivity contribution in [3.05, 3.63) is 64.3 Å². The molecular weight excluding hydrogens is 438 g/mol. The summed E-state index contributed by atoms with van der Waals surface area (Å²) in [5, 5.41) is 0.926. The normalized spacial score (nSPS) is 10.4. The highest BCUT2D eigenvalue weighted by Gasteiger charge is 2.17. The number of carbonyl (C=O) groups is 2. The van der Waals surface area contributed by atoms with E-state index in [-0.39, 0.29) is 5.69 Å². The predicted octanol–water partition coefficient (Wildman–Crippen LogP) is 3.87. The molecule has 1 heterocycles. The summed E-state index contributed by atoms with van der Waals surface area (Å²) < 4.78 is 11.6. The highest BCUT2D eigenvalue weighted by atomic mass is 79.9. The van der Waals surface area contributed by atoms with Crippen molar-refractivity contribution in [3.63, 3.8) is 0 Å². The van der Waals surface area contributed by atoms with E-state index >= 15 is 0 Å². The standard InChI is InChI=1S/C21H20BrN3O4/c1-3-10-29-19-15(22)11-14(12-18(19)28-2)20(26)24-25-21(27)17-9-8-13-6-4-5-7-16(13)23-17/h4-9,11-12H,3,10H2,1-2H3,(H,24,26)(H,25,27). The van der Waals surface area contributed by atoms with E-state index in [0.29, 0.717) is 33.7 Å². The molecule has 2 aromatic carbocycles. The molecule has 0 bridgehead atoms. The minimum atomic E-state index is -0.516. The lowest BCUT2D eigenvalue weighted by molar-refractivity contribution is 0.0844. The van der Waals surface area contributed by atoms with Gasteiger partial charge in [0.05, 0.1) is 23.7 Å². The van der Waals surface area contributed by atoms with E-state index < -0.39 is 11.8 Å². The number of hydrogen-bond acceptors (Lipinski definition) is 5. The van der Waals surface area contributed by atoms with E-state index in [0.717, 1.165) is 11.8 Å². The molecule has 1 aromatic heterocycles. The number of ether oxygens (including phenoxy) is 2. The average molecular weight is 458 g/mol. The first-order valence-electron chi connectivity index (χ1n) is 9.00. The van der Waals surface area contributed by atoms with Crippen LogP contribution in [0, 0.1) is 0 Å². The molecule has 0 aliphatic carbocycles. The summed E-state index contributed by atoms with van der Waals surface area (Å²) in [5.41, 5.74) is 5.96. The highest BCUT2D eigenvalue weighted by molar-refractivity contribution is 9.10. The Labute approximate surface area is 176 Å². The summed E-state index contributed by atoms with van der Waals surface area (Å²) >= 11 is 3.39. The number of amides is 2. The number of aromatic nitrogens is 1. The molecule has 8 heteroatoms. The Kier molecular flexibility index (Phi) is 6.66. The minimum Gasteiger partial charge on any atom is -0.493 e. The van der Waals surface area contributed by atoms with Crippen LogP contribution in [0.3, 0.4) is 0 Å². The largest absolute Gasteiger partial charge is 0.493 e. The number of pyridine rings is 1. The maximum absolute atomic E-state index is 12.5. The number of para-hydroxylation sites is 1. The molecular formula is C21H20BrN3O4. The Balaban J connectivity index is 1.70. The van der Waals surface area contributed by atoms with Gasteiger partial charge in [-0.3, -0.25) is 20.4 Å². The Hall–Kier alpha value is -3.13. The fourth-order valence-corrected chi connectivity index (χ4v) is 3.19. The number of methoxy groups -OCH3 is 1. The Morgan fingerprint density at radius 2 is 1.83 bits per heavy atom. The summed E-state index contributed by atoms with van der Waals surface area (Å²) in [5.74, 6) is -0.0750. The Bertz CT molecular complexity index is 1060. The number of rotatable bonds is 6. The molecule has 0 aliphatic heterocycles. The number of hydrazine groups is 1. The zero-order valence-corrected chi connectivity index (χ0v) is 17.6. The van der Waals surface area contributed by atoms with Crippen molar-refractivity contribution >= 4 is 38.6 Å². The fraction of sp³-hybridized carbons (Fsp3) is 0.190. The molecule has 0 unspecified atom stereocenters. The van der Waals surface area contributed by atoms with Gasteiger partial charge in [-0.1, -0.05) is 31.2 Å². The SMILES string of the molecule is CCCOc1c(Br)cc(C(=O)NNC(=O)c2ccc3ccccc3n2)cc1OC. The lowest BCUT2D eigenvalue weighted by atomic mass is 10.2. The van der Waals surface area contributed by atoms with Crippen molar-refractivity contribution in [2.45, 2.75) is 13.3 Å². The van der Waals surface area contributed by atoms with Crippen molar-refractivity contribution in [1.29, 1.82) is 0 Å². The smallest absolute Gasteiger partial charge is 0.288 e. The third-order valence-corrected chi connectivity index (χ3v) is 4.65. The molecule has 0 atom stereocenters. The van der Waals surface area contributed by atoms with Crippen LogP contribution in [0.5, 0.6) is 11.5 Å². The molecule has 0 fully saturated rings. The lowest BCUT2D eigenvalue weighted by Crippen LogP contribution is -2.42. The maximum atomic E-state index is 12.5. The average Bonchev–Trinajstić information content (AvgIpc) is 2.75. The van der Waals surface area contributed by atoms with Gasteiger partial charge in [-0.05, 0) is 46.6 Å². The van der Waals surface area contributed by atoms with Crippen molar-refractivity contribution in [2.75, 3.05) is 13.7 Å². The van der Waals surface area contributed by atoms with E-state index in [9.17, 15) is 9.59 Å². The van der Waals surface area contributed by atoms with Gasteiger partial charge in [-0.15, -0.1) is 0 Å². The van der Waals surface area contributed by atoms with Crippen LogP contribution in [0.4, 0.5) is 0 Å². The highest BCUT2D eigenvalue weighted by Crippen LogP contribution is 2.36. The number of fused-ring (bicyclic) bond motifs is 1. The first kappa shape index (κ1) is 20.6. The van der Waals surface area contributed by atoms with Crippen LogP contribution in [0.15, 0.2) is 53.0 Å². The van der Waals surface area contributed by atoms with Gasteiger partial charge in [-0.25, -0.2) is 4.98 Å². The Morgan fingerprint density at radius 3 is 2.59 bits per heavy atom. The molecule has 0 saturated carbocycles. The summed E-state index contributed by atoms with van der Waals surface area (Å²) in [6, 6.07) is 14.0. The monoisotopic (exact) mass is 457 g/mol. The summed E-state index contributed by atoms with van der Waals surface area (Å²) in [4.78, 5) is 29.1. The van der Waals surface area contributed by atoms with E-state index in [1.165, 1.54) is 7.11 Å². The molecule has 0 saturated heterocycles. The number of halogens is 1. The van der Waals surface area contributed by atoms with E-state index in [1.54, 1.807) is 24.3 Å². The zero-order chi connectivity index (χ0) is 20.8. The van der Waals surface area contributed by atoms with Gasteiger partial charge < -0.3 is 9.47 Å². The lowest BCUT2D eigenvalue weighted by Gasteiger charge is -2.14. The first-order valence-corrected chi connectivity index (χ1v) is 9.79. The molecule has 7 nitrogen and oxygen atoms in total. The predicted molar refractivity (Wildman–Crippen MR) is 113 cm³/mol.